The third kappa shape index (κ3) is 2.23. The minimum absolute atomic E-state index is 0.246. The van der Waals surface area contributed by atoms with Crippen molar-refractivity contribution in [1.29, 1.82) is 5.26 Å². The van der Waals surface area contributed by atoms with E-state index in [0.29, 0.717) is 11.4 Å². The SMILES string of the molecule is Cc1cccc(F)c1Nc1cccnc1C#N. The number of hydrogen-bond acceptors (Lipinski definition) is 3. The van der Waals surface area contributed by atoms with Gasteiger partial charge in [0.2, 0.25) is 0 Å². The predicted octanol–water partition coefficient (Wildman–Crippen LogP) is 3.14. The fourth-order valence-electron chi connectivity index (χ4n) is 1.52. The minimum atomic E-state index is -0.349. The number of nitrogens with zero attached hydrogens (tertiary/aromatic N) is 2. The van der Waals surface area contributed by atoms with E-state index in [0.717, 1.165) is 5.56 Å². The molecule has 2 rings (SSSR count). The minimum Gasteiger partial charge on any atom is -0.351 e. The Labute approximate surface area is 98.5 Å². The Morgan fingerprint density at radius 3 is 2.82 bits per heavy atom. The van der Waals surface area contributed by atoms with Gasteiger partial charge in [-0.05, 0) is 30.7 Å². The van der Waals surface area contributed by atoms with Crippen molar-refractivity contribution in [2.45, 2.75) is 6.92 Å². The van der Waals surface area contributed by atoms with Crippen molar-refractivity contribution < 1.29 is 4.39 Å². The number of rotatable bonds is 2. The molecule has 0 aliphatic carbocycles. The molecule has 0 atom stereocenters. The standard InChI is InChI=1S/C13H10FN3/c1-9-4-2-5-10(14)13(9)17-11-6-3-7-16-12(11)8-15/h2-7,17H,1H3. The van der Waals surface area contributed by atoms with Crippen LogP contribution in [-0.2, 0) is 0 Å². The maximum absolute atomic E-state index is 13.6. The van der Waals surface area contributed by atoms with E-state index >= 15 is 0 Å². The van der Waals surface area contributed by atoms with Crippen LogP contribution < -0.4 is 5.32 Å². The van der Waals surface area contributed by atoms with Crippen LogP contribution in [0.4, 0.5) is 15.8 Å². The Hall–Kier alpha value is -2.41. The van der Waals surface area contributed by atoms with E-state index in [2.05, 4.69) is 10.3 Å². The first kappa shape index (κ1) is 11.1. The molecule has 4 heteroatoms. The van der Waals surface area contributed by atoms with Crippen LogP contribution in [0.25, 0.3) is 0 Å². The lowest BCUT2D eigenvalue weighted by molar-refractivity contribution is 0.631. The summed E-state index contributed by atoms with van der Waals surface area (Å²) in [4.78, 5) is 3.91. The Morgan fingerprint density at radius 1 is 1.29 bits per heavy atom. The predicted molar refractivity (Wildman–Crippen MR) is 63.4 cm³/mol. The van der Waals surface area contributed by atoms with Gasteiger partial charge in [-0.25, -0.2) is 9.37 Å². The third-order valence-corrected chi connectivity index (χ3v) is 2.40. The van der Waals surface area contributed by atoms with E-state index in [1.54, 1.807) is 31.2 Å². The van der Waals surface area contributed by atoms with E-state index in [1.165, 1.54) is 12.3 Å². The zero-order valence-corrected chi connectivity index (χ0v) is 9.24. The van der Waals surface area contributed by atoms with Crippen molar-refractivity contribution in [1.82, 2.24) is 4.98 Å². The number of anilines is 2. The molecule has 17 heavy (non-hydrogen) atoms. The van der Waals surface area contributed by atoms with Gasteiger partial charge in [0.25, 0.3) is 0 Å². The second-order valence-electron chi connectivity index (χ2n) is 3.57. The molecule has 0 spiro atoms. The largest absolute Gasteiger partial charge is 0.351 e. The number of benzene rings is 1. The smallest absolute Gasteiger partial charge is 0.163 e. The molecule has 3 nitrogen and oxygen atoms in total. The van der Waals surface area contributed by atoms with Crippen molar-refractivity contribution in [3.05, 3.63) is 53.6 Å². The summed E-state index contributed by atoms with van der Waals surface area (Å²) in [7, 11) is 0. The summed E-state index contributed by atoms with van der Waals surface area (Å²) in [5, 5.41) is 11.8. The molecule has 1 heterocycles. The van der Waals surface area contributed by atoms with Gasteiger partial charge < -0.3 is 5.32 Å². The third-order valence-electron chi connectivity index (χ3n) is 2.40. The van der Waals surface area contributed by atoms with Gasteiger partial charge in [-0.15, -0.1) is 0 Å². The highest BCUT2D eigenvalue weighted by atomic mass is 19.1. The topological polar surface area (TPSA) is 48.7 Å². The quantitative estimate of drug-likeness (QED) is 0.857. The molecule has 84 valence electrons. The van der Waals surface area contributed by atoms with Gasteiger partial charge in [0, 0.05) is 6.20 Å². The van der Waals surface area contributed by atoms with Crippen LogP contribution in [0.1, 0.15) is 11.3 Å². The van der Waals surface area contributed by atoms with Crippen molar-refractivity contribution >= 4 is 11.4 Å². The zero-order valence-electron chi connectivity index (χ0n) is 9.24. The van der Waals surface area contributed by atoms with E-state index in [1.807, 2.05) is 6.07 Å². The number of pyridine rings is 1. The van der Waals surface area contributed by atoms with E-state index in [-0.39, 0.29) is 11.5 Å². The summed E-state index contributed by atoms with van der Waals surface area (Å²) in [6.45, 7) is 1.80. The maximum atomic E-state index is 13.6. The van der Waals surface area contributed by atoms with Crippen LogP contribution in [0.5, 0.6) is 0 Å². The number of aromatic nitrogens is 1. The number of hydrogen-bond donors (Lipinski definition) is 1. The van der Waals surface area contributed by atoms with Gasteiger partial charge >= 0.3 is 0 Å². The molecule has 0 saturated carbocycles. The summed E-state index contributed by atoms with van der Waals surface area (Å²) in [5.41, 5.74) is 1.90. The Kier molecular flexibility index (Phi) is 3.01. The maximum Gasteiger partial charge on any atom is 0.163 e. The molecule has 0 bridgehead atoms. The highest BCUT2D eigenvalue weighted by Crippen LogP contribution is 2.24. The van der Waals surface area contributed by atoms with Crippen LogP contribution in [0.3, 0.4) is 0 Å². The van der Waals surface area contributed by atoms with E-state index < -0.39 is 0 Å². The molecular formula is C13H10FN3. The summed E-state index contributed by atoms with van der Waals surface area (Å²) in [6.07, 6.45) is 1.53. The number of aryl methyl sites for hydroxylation is 1. The lowest BCUT2D eigenvalue weighted by Gasteiger charge is -2.10. The molecule has 1 aromatic heterocycles. The summed E-state index contributed by atoms with van der Waals surface area (Å²) in [5.74, 6) is -0.349. The normalized spacial score (nSPS) is 9.71. The average Bonchev–Trinajstić information content (AvgIpc) is 2.34. The molecule has 1 N–H and O–H groups in total. The van der Waals surface area contributed by atoms with Crippen LogP contribution in [0, 0.1) is 24.1 Å². The highest BCUT2D eigenvalue weighted by Gasteiger charge is 2.08. The Morgan fingerprint density at radius 2 is 2.12 bits per heavy atom. The fourth-order valence-corrected chi connectivity index (χ4v) is 1.52. The lowest BCUT2D eigenvalue weighted by atomic mass is 10.2. The molecule has 0 aliphatic rings. The van der Waals surface area contributed by atoms with Gasteiger partial charge in [-0.1, -0.05) is 12.1 Å². The van der Waals surface area contributed by atoms with Crippen molar-refractivity contribution in [2.24, 2.45) is 0 Å². The van der Waals surface area contributed by atoms with Crippen molar-refractivity contribution in [3.8, 4) is 6.07 Å². The highest BCUT2D eigenvalue weighted by molar-refractivity contribution is 5.67. The van der Waals surface area contributed by atoms with Gasteiger partial charge in [0.1, 0.15) is 11.9 Å². The van der Waals surface area contributed by atoms with Crippen LogP contribution >= 0.6 is 0 Å². The Balaban J connectivity index is 2.42. The van der Waals surface area contributed by atoms with Gasteiger partial charge in [-0.3, -0.25) is 0 Å². The first-order chi connectivity index (χ1) is 8.22. The van der Waals surface area contributed by atoms with Crippen LogP contribution in [-0.4, -0.2) is 4.98 Å². The first-order valence-electron chi connectivity index (χ1n) is 5.09. The molecule has 0 unspecified atom stereocenters. The average molecular weight is 227 g/mol. The van der Waals surface area contributed by atoms with E-state index in [9.17, 15) is 4.39 Å². The van der Waals surface area contributed by atoms with Gasteiger partial charge in [-0.2, -0.15) is 5.26 Å². The zero-order chi connectivity index (χ0) is 12.3. The number of nitrogens with one attached hydrogen (secondary N) is 1. The lowest BCUT2D eigenvalue weighted by Crippen LogP contribution is -1.99. The van der Waals surface area contributed by atoms with Gasteiger partial charge in [0.05, 0.1) is 11.4 Å². The number of nitriles is 1. The molecule has 0 radical (unpaired) electrons. The molecule has 0 amide bonds. The molecule has 0 aliphatic heterocycles. The van der Waals surface area contributed by atoms with Crippen LogP contribution in [0.15, 0.2) is 36.5 Å². The summed E-state index contributed by atoms with van der Waals surface area (Å²) in [6, 6.07) is 10.2. The first-order valence-corrected chi connectivity index (χ1v) is 5.09. The monoisotopic (exact) mass is 227 g/mol. The summed E-state index contributed by atoms with van der Waals surface area (Å²) >= 11 is 0. The van der Waals surface area contributed by atoms with Gasteiger partial charge in [0.15, 0.2) is 5.69 Å². The second kappa shape index (κ2) is 4.62. The molecule has 1 aromatic carbocycles. The molecule has 0 fully saturated rings. The molecule has 2 aromatic rings. The van der Waals surface area contributed by atoms with Crippen molar-refractivity contribution in [2.75, 3.05) is 5.32 Å². The summed E-state index contributed by atoms with van der Waals surface area (Å²) < 4.78 is 13.6. The van der Waals surface area contributed by atoms with Crippen LogP contribution in [0.2, 0.25) is 0 Å². The fraction of sp³-hybridized carbons (Fsp3) is 0.0769. The Bertz CT molecular complexity index is 567. The number of para-hydroxylation sites is 1. The van der Waals surface area contributed by atoms with E-state index in [4.69, 9.17) is 5.26 Å². The number of halogens is 1. The molecular weight excluding hydrogens is 217 g/mol. The second-order valence-corrected chi connectivity index (χ2v) is 3.57. The molecule has 0 saturated heterocycles. The van der Waals surface area contributed by atoms with Crippen molar-refractivity contribution in [3.63, 3.8) is 0 Å².